The first-order valence-corrected chi connectivity index (χ1v) is 11.2. The summed E-state index contributed by atoms with van der Waals surface area (Å²) in [5, 5.41) is 1.15. The van der Waals surface area contributed by atoms with Crippen molar-refractivity contribution in [3.8, 4) is 0 Å². The van der Waals surface area contributed by atoms with Crippen molar-refractivity contribution in [2.75, 3.05) is 13.1 Å². The summed E-state index contributed by atoms with van der Waals surface area (Å²) < 4.78 is 7.70. The summed E-state index contributed by atoms with van der Waals surface area (Å²) in [6, 6.07) is 6.27. The smallest absolute Gasteiger partial charge is 0.223 e. The van der Waals surface area contributed by atoms with Crippen molar-refractivity contribution in [2.24, 2.45) is 24.8 Å². The van der Waals surface area contributed by atoms with Crippen LogP contribution in [0.4, 0.5) is 0 Å². The van der Waals surface area contributed by atoms with Crippen molar-refractivity contribution < 1.29 is 9.21 Å². The van der Waals surface area contributed by atoms with Crippen LogP contribution in [-0.2, 0) is 11.8 Å². The molecular weight excluding hydrogens is 360 g/mol. The monoisotopic (exact) mass is 396 g/mol. The van der Waals surface area contributed by atoms with Gasteiger partial charge in [-0.05, 0) is 54.9 Å². The van der Waals surface area contributed by atoms with Gasteiger partial charge in [-0.15, -0.1) is 0 Å². The van der Waals surface area contributed by atoms with E-state index >= 15 is 0 Å². The lowest BCUT2D eigenvalue weighted by Gasteiger charge is -2.36. The van der Waals surface area contributed by atoms with Gasteiger partial charge in [0.2, 0.25) is 5.91 Å². The Morgan fingerprint density at radius 1 is 1.21 bits per heavy atom. The Morgan fingerprint density at radius 3 is 2.59 bits per heavy atom. The van der Waals surface area contributed by atoms with Crippen LogP contribution in [0.5, 0.6) is 0 Å². The van der Waals surface area contributed by atoms with Crippen LogP contribution in [0, 0.1) is 17.8 Å². The summed E-state index contributed by atoms with van der Waals surface area (Å²) in [6.07, 6.45) is 11.0. The Labute approximate surface area is 174 Å². The van der Waals surface area contributed by atoms with Crippen LogP contribution in [0.15, 0.2) is 35.1 Å². The molecule has 4 rings (SSSR count). The third kappa shape index (κ3) is 4.85. The van der Waals surface area contributed by atoms with Gasteiger partial charge in [-0.1, -0.05) is 33.8 Å². The average Bonchev–Trinajstić information content (AvgIpc) is 3.35. The van der Waals surface area contributed by atoms with Crippen LogP contribution in [-0.4, -0.2) is 28.5 Å². The van der Waals surface area contributed by atoms with Crippen molar-refractivity contribution in [3.63, 3.8) is 0 Å². The van der Waals surface area contributed by atoms with Crippen molar-refractivity contribution in [1.82, 2.24) is 9.47 Å². The molecule has 0 spiro atoms. The van der Waals surface area contributed by atoms with Gasteiger partial charge in [0, 0.05) is 49.6 Å². The predicted molar refractivity (Wildman–Crippen MR) is 119 cm³/mol. The van der Waals surface area contributed by atoms with Crippen molar-refractivity contribution in [3.05, 3.63) is 47.0 Å². The highest BCUT2D eigenvalue weighted by atomic mass is 16.3. The number of furan rings is 1. The van der Waals surface area contributed by atoms with Gasteiger partial charge >= 0.3 is 0 Å². The van der Waals surface area contributed by atoms with E-state index in [4.69, 9.17) is 4.42 Å². The molecule has 4 atom stereocenters. The first-order chi connectivity index (χ1) is 14.0. The highest BCUT2D eigenvalue weighted by molar-refractivity contribution is 5.77. The number of fused-ring (bicyclic) bond motifs is 1. The zero-order chi connectivity index (χ0) is 21.0. The molecule has 1 saturated heterocycles. The van der Waals surface area contributed by atoms with E-state index in [-0.39, 0.29) is 5.92 Å². The maximum absolute atomic E-state index is 13.2. The highest BCUT2D eigenvalue weighted by Crippen LogP contribution is 2.34. The first-order valence-electron chi connectivity index (χ1n) is 11.2. The summed E-state index contributed by atoms with van der Waals surface area (Å²) in [5.74, 6) is 1.98. The van der Waals surface area contributed by atoms with Gasteiger partial charge in [-0.2, -0.15) is 0 Å². The second-order valence-electron chi connectivity index (χ2n) is 8.61. The number of likely N-dealkylation sites (tertiary alicyclic amines) is 1. The van der Waals surface area contributed by atoms with E-state index in [0.717, 1.165) is 30.1 Å². The second kappa shape index (κ2) is 9.51. The molecule has 4 unspecified atom stereocenters. The number of amides is 1. The van der Waals surface area contributed by atoms with Gasteiger partial charge in [-0.3, -0.25) is 4.79 Å². The number of nitrogens with zero attached hydrogens (tertiary/aromatic N) is 2. The van der Waals surface area contributed by atoms with E-state index in [1.54, 1.807) is 6.26 Å². The van der Waals surface area contributed by atoms with Crippen LogP contribution < -0.4 is 10.6 Å². The summed E-state index contributed by atoms with van der Waals surface area (Å²) in [6.45, 7) is 10.3. The van der Waals surface area contributed by atoms with E-state index < -0.39 is 0 Å². The molecule has 0 bridgehead atoms. The SMILES string of the molecule is CC.CC1CC(C)CN(C(=O)CC(c2cccn2C)C2C=c3ccoc3=CC2)C1. The standard InChI is InChI=1S/C23H30N2O2.C2H6/c1-16-11-17(2)15-25(14-16)23(26)13-20(21-5-4-9-24(21)3)18-6-7-22-19(12-18)8-10-27-22;1-2/h4-5,7-10,12,16-18,20H,6,11,13-15H2,1-3H3;1-2H3. The number of aryl methyl sites for hydroxylation is 1. The fraction of sp³-hybridized carbons (Fsp3) is 0.560. The van der Waals surface area contributed by atoms with Crippen LogP contribution >= 0.6 is 0 Å². The quantitative estimate of drug-likeness (QED) is 0.786. The van der Waals surface area contributed by atoms with E-state index in [0.29, 0.717) is 30.1 Å². The third-order valence-corrected chi connectivity index (χ3v) is 6.19. The maximum Gasteiger partial charge on any atom is 0.223 e. The van der Waals surface area contributed by atoms with E-state index in [1.165, 1.54) is 12.1 Å². The lowest BCUT2D eigenvalue weighted by Crippen LogP contribution is -2.43. The Bertz CT molecular complexity index is 913. The zero-order valence-corrected chi connectivity index (χ0v) is 18.6. The van der Waals surface area contributed by atoms with Crippen molar-refractivity contribution >= 4 is 18.1 Å². The number of rotatable bonds is 4. The molecule has 1 aliphatic heterocycles. The Hall–Kier alpha value is -2.23. The minimum absolute atomic E-state index is 0.185. The molecule has 0 aromatic carbocycles. The van der Waals surface area contributed by atoms with E-state index in [2.05, 4.69) is 60.8 Å². The summed E-state index contributed by atoms with van der Waals surface area (Å²) >= 11 is 0. The molecule has 1 aliphatic carbocycles. The van der Waals surface area contributed by atoms with Crippen LogP contribution in [0.1, 0.15) is 58.6 Å². The molecule has 158 valence electrons. The number of hydrogen-bond donors (Lipinski definition) is 0. The van der Waals surface area contributed by atoms with Crippen molar-refractivity contribution in [1.29, 1.82) is 0 Å². The number of carbonyl (C=O) groups is 1. The molecule has 4 heteroatoms. The molecule has 0 N–H and O–H groups in total. The zero-order valence-electron chi connectivity index (χ0n) is 18.6. The van der Waals surface area contributed by atoms with Crippen molar-refractivity contribution in [2.45, 2.75) is 52.9 Å². The first kappa shape index (κ1) is 21.5. The molecule has 29 heavy (non-hydrogen) atoms. The fourth-order valence-corrected chi connectivity index (χ4v) is 4.98. The minimum Gasteiger partial charge on any atom is -0.465 e. The molecular formula is C25H36N2O2. The molecule has 2 aromatic heterocycles. The minimum atomic E-state index is 0.185. The van der Waals surface area contributed by atoms with Gasteiger partial charge in [0.1, 0.15) is 5.42 Å². The molecule has 4 nitrogen and oxygen atoms in total. The Morgan fingerprint density at radius 2 is 1.93 bits per heavy atom. The lowest BCUT2D eigenvalue weighted by atomic mass is 9.81. The molecule has 1 fully saturated rings. The number of piperidine rings is 1. The summed E-state index contributed by atoms with van der Waals surface area (Å²) in [4.78, 5) is 15.3. The van der Waals surface area contributed by atoms with Gasteiger partial charge in [0.15, 0.2) is 0 Å². The van der Waals surface area contributed by atoms with Crippen LogP contribution in [0.2, 0.25) is 0 Å². The fourth-order valence-electron chi connectivity index (χ4n) is 4.98. The second-order valence-corrected chi connectivity index (χ2v) is 8.61. The van der Waals surface area contributed by atoms with Gasteiger partial charge in [0.25, 0.3) is 0 Å². The topological polar surface area (TPSA) is 38.4 Å². The molecule has 2 aromatic rings. The highest BCUT2D eigenvalue weighted by Gasteiger charge is 2.31. The van der Waals surface area contributed by atoms with Gasteiger partial charge in [-0.25, -0.2) is 0 Å². The number of aromatic nitrogens is 1. The maximum atomic E-state index is 13.2. The predicted octanol–water partition coefficient (Wildman–Crippen LogP) is 3.90. The average molecular weight is 397 g/mol. The molecule has 2 aliphatic rings. The number of carbonyl (C=O) groups excluding carboxylic acids is 1. The van der Waals surface area contributed by atoms with E-state index in [9.17, 15) is 4.79 Å². The normalized spacial score (nSPS) is 24.4. The number of hydrogen-bond acceptors (Lipinski definition) is 2. The molecule has 1 amide bonds. The largest absolute Gasteiger partial charge is 0.465 e. The summed E-state index contributed by atoms with van der Waals surface area (Å²) in [7, 11) is 2.08. The molecule has 3 heterocycles. The molecule has 0 saturated carbocycles. The Kier molecular flexibility index (Phi) is 7.05. The van der Waals surface area contributed by atoms with Gasteiger partial charge < -0.3 is 13.9 Å². The molecule has 0 radical (unpaired) electrons. The van der Waals surface area contributed by atoms with Crippen LogP contribution in [0.3, 0.4) is 0 Å². The van der Waals surface area contributed by atoms with E-state index in [1.807, 2.05) is 19.9 Å². The lowest BCUT2D eigenvalue weighted by molar-refractivity contribution is -0.134. The Balaban J connectivity index is 0.00000117. The van der Waals surface area contributed by atoms with Crippen LogP contribution in [0.25, 0.3) is 12.2 Å². The summed E-state index contributed by atoms with van der Waals surface area (Å²) in [5.41, 5.74) is 2.20. The third-order valence-electron chi connectivity index (χ3n) is 6.19. The van der Waals surface area contributed by atoms with Gasteiger partial charge in [0.05, 0.1) is 6.26 Å².